The van der Waals surface area contributed by atoms with Crippen LogP contribution in [0.25, 0.3) is 0 Å². The Labute approximate surface area is 139 Å². The number of hydrogen-bond acceptors (Lipinski definition) is 6. The van der Waals surface area contributed by atoms with Crippen LogP contribution in [-0.4, -0.2) is 22.7 Å². The Morgan fingerprint density at radius 2 is 2.00 bits per heavy atom. The van der Waals surface area contributed by atoms with Crippen LogP contribution in [0.4, 0.5) is 0 Å². The maximum Gasteiger partial charge on any atom is 0.286 e. The van der Waals surface area contributed by atoms with Crippen molar-refractivity contribution in [3.05, 3.63) is 71.9 Å². The van der Waals surface area contributed by atoms with Gasteiger partial charge in [0.05, 0.1) is 18.4 Å². The van der Waals surface area contributed by atoms with E-state index in [1.165, 1.54) is 0 Å². The second-order valence-corrected chi connectivity index (χ2v) is 5.63. The van der Waals surface area contributed by atoms with Crippen molar-refractivity contribution in [3.63, 3.8) is 0 Å². The third kappa shape index (κ3) is 2.45. The van der Waals surface area contributed by atoms with E-state index in [1.54, 1.807) is 24.7 Å². The molecule has 0 aliphatic carbocycles. The molecule has 1 unspecified atom stereocenters. The topological polar surface area (TPSA) is 88.3 Å². The number of nitrogens with two attached hydrogens (primary N) is 1. The molecular formula is C17H17N6O+. The summed E-state index contributed by atoms with van der Waals surface area (Å²) in [5.41, 5.74) is 10.5. The minimum Gasteiger partial charge on any atom is -0.461 e. The molecule has 2 aliphatic heterocycles. The Morgan fingerprint density at radius 3 is 2.75 bits per heavy atom. The predicted octanol–water partition coefficient (Wildman–Crippen LogP) is 2.28. The molecule has 0 amide bonds. The Balaban J connectivity index is 1.65. The SMILES string of the molecule is CC(N[N@@+]12C=NC(c3ccco3)=NC1=CC(N)=N2)c1ccccc1. The van der Waals surface area contributed by atoms with Crippen LogP contribution < -0.4 is 11.2 Å². The fourth-order valence-electron chi connectivity index (χ4n) is 2.73. The molecule has 0 saturated carbocycles. The number of nitrogens with zero attached hydrogens (tertiary/aromatic N) is 4. The molecule has 7 heteroatoms. The van der Waals surface area contributed by atoms with Gasteiger partial charge in [-0.1, -0.05) is 30.3 Å². The van der Waals surface area contributed by atoms with E-state index >= 15 is 0 Å². The lowest BCUT2D eigenvalue weighted by atomic mass is 10.1. The summed E-state index contributed by atoms with van der Waals surface area (Å²) in [6.45, 7) is 2.06. The van der Waals surface area contributed by atoms with E-state index in [-0.39, 0.29) is 10.7 Å². The molecule has 0 spiro atoms. The first-order valence-corrected chi connectivity index (χ1v) is 7.63. The van der Waals surface area contributed by atoms with E-state index in [0.29, 0.717) is 23.3 Å². The molecule has 0 radical (unpaired) electrons. The van der Waals surface area contributed by atoms with Crippen LogP contribution in [0.1, 0.15) is 24.3 Å². The van der Waals surface area contributed by atoms with Crippen molar-refractivity contribution in [1.29, 1.82) is 0 Å². The van der Waals surface area contributed by atoms with Crippen LogP contribution >= 0.6 is 0 Å². The third-order valence-electron chi connectivity index (χ3n) is 3.90. The van der Waals surface area contributed by atoms with Gasteiger partial charge in [0.1, 0.15) is 0 Å². The van der Waals surface area contributed by atoms with E-state index in [4.69, 9.17) is 10.2 Å². The average Bonchev–Trinajstić information content (AvgIpc) is 3.22. The first-order chi connectivity index (χ1) is 11.7. The molecule has 0 saturated heterocycles. The van der Waals surface area contributed by atoms with Crippen LogP contribution in [0.2, 0.25) is 0 Å². The minimum atomic E-state index is -0.0634. The summed E-state index contributed by atoms with van der Waals surface area (Å²) >= 11 is 0. The fraction of sp³-hybridized carbons (Fsp3) is 0.118. The smallest absolute Gasteiger partial charge is 0.286 e. The summed E-state index contributed by atoms with van der Waals surface area (Å²) in [4.78, 5) is 8.96. The van der Waals surface area contributed by atoms with E-state index in [1.807, 2.05) is 24.3 Å². The van der Waals surface area contributed by atoms with Crippen molar-refractivity contribution in [2.45, 2.75) is 13.0 Å². The first-order valence-electron chi connectivity index (χ1n) is 7.63. The van der Waals surface area contributed by atoms with Crippen LogP contribution in [0.3, 0.4) is 0 Å². The molecule has 7 nitrogen and oxygen atoms in total. The van der Waals surface area contributed by atoms with E-state index in [9.17, 15) is 0 Å². The highest BCUT2D eigenvalue weighted by atomic mass is 16.3. The first kappa shape index (κ1) is 14.6. The average molecular weight is 321 g/mol. The normalized spacial score (nSPS) is 23.3. The number of amidine groups is 2. The largest absolute Gasteiger partial charge is 0.461 e. The van der Waals surface area contributed by atoms with Gasteiger partial charge in [-0.2, -0.15) is 9.98 Å². The van der Waals surface area contributed by atoms with Gasteiger partial charge in [0, 0.05) is 0 Å². The lowest BCUT2D eigenvalue weighted by Gasteiger charge is -2.28. The molecule has 120 valence electrons. The molecular weight excluding hydrogens is 304 g/mol. The van der Waals surface area contributed by atoms with Gasteiger partial charge >= 0.3 is 0 Å². The number of quaternary nitrogens is 1. The molecule has 3 heterocycles. The van der Waals surface area contributed by atoms with E-state index < -0.39 is 0 Å². The fourth-order valence-corrected chi connectivity index (χ4v) is 2.73. The summed E-state index contributed by atoms with van der Waals surface area (Å²) in [5.74, 6) is 2.15. The molecule has 2 atom stereocenters. The number of aliphatic imine (C=N–C) groups is 2. The standard InChI is InChI=1S/C17H17N6O/c1-12(13-6-3-2-4-7-13)21-23-11-19-17(14-8-5-9-24-14)20-16(23)10-15(18)22-23/h2-12,21H,1H3,(H2,18,22)/q+1/t12?,23-/m1/s1. The lowest BCUT2D eigenvalue weighted by molar-refractivity contribution is -0.853. The predicted molar refractivity (Wildman–Crippen MR) is 91.7 cm³/mol. The summed E-state index contributed by atoms with van der Waals surface area (Å²) < 4.78 is 5.30. The molecule has 1 aromatic heterocycles. The molecule has 2 aromatic rings. The zero-order valence-corrected chi connectivity index (χ0v) is 13.1. The summed E-state index contributed by atoms with van der Waals surface area (Å²) in [7, 11) is 0. The van der Waals surface area contributed by atoms with Crippen LogP contribution in [0.15, 0.2) is 80.1 Å². The summed E-state index contributed by atoms with van der Waals surface area (Å²) in [6.07, 6.45) is 5.00. The van der Waals surface area contributed by atoms with Crippen molar-refractivity contribution < 1.29 is 9.12 Å². The van der Waals surface area contributed by atoms with Crippen molar-refractivity contribution in [2.24, 2.45) is 20.8 Å². The number of nitrogens with one attached hydrogen (secondary N) is 1. The monoisotopic (exact) mass is 321 g/mol. The third-order valence-corrected chi connectivity index (χ3v) is 3.90. The molecule has 1 aromatic carbocycles. The molecule has 4 rings (SSSR count). The second-order valence-electron chi connectivity index (χ2n) is 5.63. The number of fused-ring (bicyclic) bond motifs is 1. The maximum absolute atomic E-state index is 5.92. The zero-order chi connectivity index (χ0) is 16.6. The maximum atomic E-state index is 5.92. The number of benzene rings is 1. The van der Waals surface area contributed by atoms with Crippen LogP contribution in [0, 0.1) is 0 Å². The van der Waals surface area contributed by atoms with Crippen molar-refractivity contribution in [1.82, 2.24) is 5.43 Å². The van der Waals surface area contributed by atoms with Gasteiger partial charge in [-0.3, -0.25) is 0 Å². The Bertz CT molecular complexity index is 866. The Kier molecular flexibility index (Phi) is 3.37. The van der Waals surface area contributed by atoms with Crippen LogP contribution in [0.5, 0.6) is 0 Å². The molecule has 2 aliphatic rings. The van der Waals surface area contributed by atoms with Crippen molar-refractivity contribution in [3.8, 4) is 0 Å². The molecule has 24 heavy (non-hydrogen) atoms. The van der Waals surface area contributed by atoms with Crippen LogP contribution in [-0.2, 0) is 0 Å². The zero-order valence-electron chi connectivity index (χ0n) is 13.1. The molecule has 0 bridgehead atoms. The van der Waals surface area contributed by atoms with Gasteiger partial charge in [0.25, 0.3) is 5.82 Å². The van der Waals surface area contributed by atoms with Gasteiger partial charge < -0.3 is 10.2 Å². The lowest BCUT2D eigenvalue weighted by Crippen LogP contribution is -2.53. The highest BCUT2D eigenvalue weighted by molar-refractivity contribution is 6.03. The second kappa shape index (κ2) is 5.55. The van der Waals surface area contributed by atoms with Gasteiger partial charge in [-0.05, 0) is 34.4 Å². The van der Waals surface area contributed by atoms with Gasteiger partial charge in [-0.25, -0.2) is 0 Å². The Hall–Kier alpha value is -3.03. The van der Waals surface area contributed by atoms with E-state index in [0.717, 1.165) is 5.56 Å². The van der Waals surface area contributed by atoms with Crippen molar-refractivity contribution >= 4 is 18.0 Å². The number of rotatable bonds is 4. The number of hydrogen-bond donors (Lipinski definition) is 2. The quantitative estimate of drug-likeness (QED) is 0.847. The Morgan fingerprint density at radius 1 is 1.17 bits per heavy atom. The summed E-state index contributed by atoms with van der Waals surface area (Å²) in [6, 6.07) is 13.7. The highest BCUT2D eigenvalue weighted by Crippen LogP contribution is 2.28. The van der Waals surface area contributed by atoms with Gasteiger partial charge in [0.2, 0.25) is 12.2 Å². The number of furan rings is 1. The molecule has 0 fully saturated rings. The van der Waals surface area contributed by atoms with Gasteiger partial charge in [-0.15, -0.1) is 5.43 Å². The van der Waals surface area contributed by atoms with E-state index in [2.05, 4.69) is 39.6 Å². The van der Waals surface area contributed by atoms with Gasteiger partial charge in [0.15, 0.2) is 11.6 Å². The summed E-state index contributed by atoms with van der Waals surface area (Å²) in [5, 5.41) is 4.46. The highest BCUT2D eigenvalue weighted by Gasteiger charge is 2.43. The minimum absolute atomic E-state index is 0.0241. The molecule has 3 N–H and O–H groups in total. The van der Waals surface area contributed by atoms with Crippen molar-refractivity contribution in [2.75, 3.05) is 0 Å².